The molecule has 8 nitrogen and oxygen atoms in total. The van der Waals surface area contributed by atoms with Crippen LogP contribution in [0.1, 0.15) is 38.0 Å². The number of oxazole rings is 1. The van der Waals surface area contributed by atoms with Gasteiger partial charge in [-0.25, -0.2) is 18.5 Å². The number of sulfonamides is 1. The van der Waals surface area contributed by atoms with Crippen molar-refractivity contribution in [3.63, 3.8) is 0 Å². The number of benzene rings is 1. The first kappa shape index (κ1) is 20.9. The maximum Gasteiger partial charge on any atom is 0.238 e. The van der Waals surface area contributed by atoms with E-state index in [9.17, 15) is 8.42 Å². The molecule has 0 aliphatic carbocycles. The third kappa shape index (κ3) is 6.37. The van der Waals surface area contributed by atoms with Crippen LogP contribution in [0.15, 0.2) is 44.8 Å². The van der Waals surface area contributed by atoms with Crippen LogP contribution in [0, 0.1) is 0 Å². The summed E-state index contributed by atoms with van der Waals surface area (Å²) in [5.41, 5.74) is 0.914. The number of aromatic nitrogens is 1. The van der Waals surface area contributed by atoms with Crippen molar-refractivity contribution >= 4 is 16.0 Å². The number of nitrogens with zero attached hydrogens (tertiary/aromatic N) is 2. The van der Waals surface area contributed by atoms with E-state index in [1.54, 1.807) is 25.4 Å². The minimum atomic E-state index is -3.66. The summed E-state index contributed by atoms with van der Waals surface area (Å²) in [6, 6.07) is 6.51. The lowest BCUT2D eigenvalue weighted by Crippen LogP contribution is -2.37. The first-order valence-electron chi connectivity index (χ1n) is 8.61. The van der Waals surface area contributed by atoms with Crippen LogP contribution in [0.3, 0.4) is 0 Å². The summed E-state index contributed by atoms with van der Waals surface area (Å²) in [5.74, 6) is 2.07. The molecule has 1 heterocycles. The second-order valence-electron chi connectivity index (χ2n) is 7.16. The molecule has 0 saturated heterocycles. The van der Waals surface area contributed by atoms with E-state index in [0.29, 0.717) is 31.4 Å². The smallest absolute Gasteiger partial charge is 0.238 e. The van der Waals surface area contributed by atoms with E-state index in [2.05, 4.69) is 41.4 Å². The van der Waals surface area contributed by atoms with Crippen molar-refractivity contribution in [2.24, 2.45) is 10.1 Å². The zero-order chi connectivity index (χ0) is 20.1. The predicted molar refractivity (Wildman–Crippen MR) is 105 cm³/mol. The van der Waals surface area contributed by atoms with Crippen molar-refractivity contribution in [1.82, 2.24) is 15.6 Å². The molecule has 0 saturated carbocycles. The lowest BCUT2D eigenvalue weighted by atomic mass is 9.94. The average Bonchev–Trinajstić information content (AvgIpc) is 3.07. The Kier molecular flexibility index (Phi) is 6.61. The van der Waals surface area contributed by atoms with Gasteiger partial charge in [-0.05, 0) is 24.1 Å². The van der Waals surface area contributed by atoms with E-state index >= 15 is 0 Å². The maximum absolute atomic E-state index is 11.3. The van der Waals surface area contributed by atoms with Crippen LogP contribution >= 0.6 is 0 Å². The van der Waals surface area contributed by atoms with Crippen molar-refractivity contribution in [2.45, 2.75) is 44.0 Å². The number of hydrogen-bond acceptors (Lipinski definition) is 5. The van der Waals surface area contributed by atoms with Gasteiger partial charge >= 0.3 is 0 Å². The Morgan fingerprint density at radius 1 is 1.22 bits per heavy atom. The van der Waals surface area contributed by atoms with Gasteiger partial charge in [-0.3, -0.25) is 4.99 Å². The minimum Gasteiger partial charge on any atom is -0.443 e. The van der Waals surface area contributed by atoms with Gasteiger partial charge in [0.05, 0.1) is 17.6 Å². The van der Waals surface area contributed by atoms with E-state index in [1.165, 1.54) is 12.1 Å². The molecule has 2 rings (SSSR count). The second kappa shape index (κ2) is 8.53. The summed E-state index contributed by atoms with van der Waals surface area (Å²) in [6.07, 6.45) is 2.46. The summed E-state index contributed by atoms with van der Waals surface area (Å²) < 4.78 is 28.3. The number of primary sulfonamides is 1. The molecule has 0 fully saturated rings. The zero-order valence-electron chi connectivity index (χ0n) is 16.1. The number of guanidine groups is 1. The summed E-state index contributed by atoms with van der Waals surface area (Å²) in [4.78, 5) is 8.55. The number of hydrogen-bond donors (Lipinski definition) is 3. The second-order valence-corrected chi connectivity index (χ2v) is 8.72. The Morgan fingerprint density at radius 2 is 1.89 bits per heavy atom. The van der Waals surface area contributed by atoms with Gasteiger partial charge in [0, 0.05) is 19.0 Å². The third-order valence-corrected chi connectivity index (χ3v) is 4.81. The van der Waals surface area contributed by atoms with Crippen LogP contribution in [0.4, 0.5) is 0 Å². The number of rotatable bonds is 6. The van der Waals surface area contributed by atoms with E-state index in [1.807, 2.05) is 0 Å². The fourth-order valence-electron chi connectivity index (χ4n) is 2.29. The van der Waals surface area contributed by atoms with Crippen molar-refractivity contribution in [3.05, 3.63) is 47.7 Å². The van der Waals surface area contributed by atoms with Crippen LogP contribution in [0.2, 0.25) is 0 Å². The molecule has 2 aromatic rings. The first-order chi connectivity index (χ1) is 12.6. The van der Waals surface area contributed by atoms with Crippen LogP contribution in [0.25, 0.3) is 0 Å². The van der Waals surface area contributed by atoms with E-state index in [0.717, 1.165) is 11.3 Å². The van der Waals surface area contributed by atoms with Crippen molar-refractivity contribution < 1.29 is 12.8 Å². The molecule has 0 amide bonds. The maximum atomic E-state index is 11.3. The third-order valence-electron chi connectivity index (χ3n) is 3.88. The number of aliphatic imine (C=N–C) groups is 1. The van der Waals surface area contributed by atoms with Crippen molar-refractivity contribution in [3.8, 4) is 0 Å². The molecule has 0 bridgehead atoms. The Morgan fingerprint density at radius 3 is 2.41 bits per heavy atom. The first-order valence-corrected chi connectivity index (χ1v) is 10.2. The average molecular weight is 394 g/mol. The van der Waals surface area contributed by atoms with E-state index in [4.69, 9.17) is 9.56 Å². The number of nitrogens with two attached hydrogens (primary N) is 1. The summed E-state index contributed by atoms with van der Waals surface area (Å²) in [5, 5.41) is 11.4. The molecular weight excluding hydrogens is 366 g/mol. The fourth-order valence-corrected chi connectivity index (χ4v) is 2.81. The molecule has 27 heavy (non-hydrogen) atoms. The molecule has 0 unspecified atom stereocenters. The quantitative estimate of drug-likeness (QED) is 0.505. The molecule has 0 aliphatic heterocycles. The number of nitrogens with one attached hydrogen (secondary N) is 2. The standard InChI is InChI=1S/C18H27N5O3S/c1-18(2,3)15-11-22-16(26-15)12-23-17(20-4)21-10-9-13-5-7-14(8-6-13)27(19,24)25/h5-8,11H,9-10,12H2,1-4H3,(H2,19,24,25)(H2,20,21,23). The van der Waals surface area contributed by atoms with Crippen molar-refractivity contribution in [2.75, 3.05) is 13.6 Å². The Labute approximate surface area is 160 Å². The molecule has 4 N–H and O–H groups in total. The lowest BCUT2D eigenvalue weighted by Gasteiger charge is -2.13. The summed E-state index contributed by atoms with van der Waals surface area (Å²) in [6.45, 7) is 7.27. The molecule has 1 aromatic heterocycles. The predicted octanol–water partition coefficient (Wildman–Crippen LogP) is 1.53. The van der Waals surface area contributed by atoms with Crippen LogP contribution in [0.5, 0.6) is 0 Å². The Bertz CT molecular complexity index is 880. The van der Waals surface area contributed by atoms with Gasteiger partial charge in [0.1, 0.15) is 5.76 Å². The normalized spacial score (nSPS) is 12.9. The largest absolute Gasteiger partial charge is 0.443 e. The van der Waals surface area contributed by atoms with Gasteiger partial charge < -0.3 is 15.1 Å². The molecule has 1 aromatic carbocycles. The lowest BCUT2D eigenvalue weighted by molar-refractivity contribution is 0.379. The summed E-state index contributed by atoms with van der Waals surface area (Å²) >= 11 is 0. The molecule has 0 spiro atoms. The highest BCUT2D eigenvalue weighted by atomic mass is 32.2. The molecule has 0 atom stereocenters. The fraction of sp³-hybridized carbons (Fsp3) is 0.444. The SMILES string of the molecule is CN=C(NCCc1ccc(S(N)(=O)=O)cc1)NCc1ncc(C(C)(C)C)o1. The molecule has 148 valence electrons. The van der Waals surface area contributed by atoms with Gasteiger partial charge in [0.25, 0.3) is 0 Å². The molecule has 9 heteroatoms. The zero-order valence-corrected chi connectivity index (χ0v) is 16.9. The Hall–Kier alpha value is -2.39. The monoisotopic (exact) mass is 393 g/mol. The minimum absolute atomic E-state index is 0.0794. The highest BCUT2D eigenvalue weighted by molar-refractivity contribution is 7.89. The summed E-state index contributed by atoms with van der Waals surface area (Å²) in [7, 11) is -1.97. The topological polar surface area (TPSA) is 123 Å². The Balaban J connectivity index is 1.81. The van der Waals surface area contributed by atoms with Crippen LogP contribution in [-0.4, -0.2) is 33.0 Å². The molecule has 0 aliphatic rings. The molecule has 0 radical (unpaired) electrons. The van der Waals surface area contributed by atoms with E-state index in [-0.39, 0.29) is 10.3 Å². The van der Waals surface area contributed by atoms with Gasteiger partial charge in [0.15, 0.2) is 5.96 Å². The van der Waals surface area contributed by atoms with Gasteiger partial charge in [-0.15, -0.1) is 0 Å². The van der Waals surface area contributed by atoms with Gasteiger partial charge in [-0.1, -0.05) is 32.9 Å². The van der Waals surface area contributed by atoms with Gasteiger partial charge in [0.2, 0.25) is 15.9 Å². The highest BCUT2D eigenvalue weighted by Crippen LogP contribution is 2.22. The molecular formula is C18H27N5O3S. The van der Waals surface area contributed by atoms with E-state index < -0.39 is 10.0 Å². The van der Waals surface area contributed by atoms with Crippen LogP contribution < -0.4 is 15.8 Å². The van der Waals surface area contributed by atoms with Crippen molar-refractivity contribution in [1.29, 1.82) is 0 Å². The highest BCUT2D eigenvalue weighted by Gasteiger charge is 2.19. The van der Waals surface area contributed by atoms with Gasteiger partial charge in [-0.2, -0.15) is 0 Å². The van der Waals surface area contributed by atoms with Crippen LogP contribution in [-0.2, 0) is 28.4 Å².